The average Bonchev–Trinajstić information content (AvgIpc) is 2.54. The molecule has 1 amide bonds. The van der Waals surface area contributed by atoms with Crippen molar-refractivity contribution < 1.29 is 13.9 Å². The highest BCUT2D eigenvalue weighted by molar-refractivity contribution is 6.34. The lowest BCUT2D eigenvalue weighted by atomic mass is 9.78. The second-order valence-corrected chi connectivity index (χ2v) is 6.82. The zero-order valence-electron chi connectivity index (χ0n) is 14.4. The van der Waals surface area contributed by atoms with E-state index in [-0.39, 0.29) is 34.7 Å². The first-order chi connectivity index (χ1) is 12.4. The molecule has 26 heavy (non-hydrogen) atoms. The van der Waals surface area contributed by atoms with Crippen LogP contribution in [0.25, 0.3) is 0 Å². The highest BCUT2D eigenvalue weighted by Crippen LogP contribution is 2.36. The average molecular weight is 380 g/mol. The zero-order chi connectivity index (χ0) is 18.8. The Morgan fingerprint density at radius 3 is 2.88 bits per heavy atom. The molecule has 1 saturated carbocycles. The van der Waals surface area contributed by atoms with Crippen molar-refractivity contribution >= 4 is 17.5 Å². The van der Waals surface area contributed by atoms with Crippen molar-refractivity contribution in [2.45, 2.75) is 38.3 Å². The molecule has 0 aliphatic heterocycles. The van der Waals surface area contributed by atoms with Gasteiger partial charge in [-0.05, 0) is 31.4 Å². The Morgan fingerprint density at radius 2 is 2.19 bits per heavy atom. The second-order valence-electron chi connectivity index (χ2n) is 6.44. The van der Waals surface area contributed by atoms with Crippen molar-refractivity contribution in [1.29, 1.82) is 0 Å². The number of methoxy groups -OCH3 is 1. The van der Waals surface area contributed by atoms with Crippen molar-refractivity contribution in [1.82, 2.24) is 15.3 Å². The van der Waals surface area contributed by atoms with E-state index in [4.69, 9.17) is 16.3 Å². The van der Waals surface area contributed by atoms with Crippen LogP contribution in [0.2, 0.25) is 5.02 Å². The van der Waals surface area contributed by atoms with E-state index in [9.17, 15) is 14.0 Å². The first-order valence-electron chi connectivity index (χ1n) is 8.23. The molecule has 1 heterocycles. The van der Waals surface area contributed by atoms with Crippen molar-refractivity contribution in [2.75, 3.05) is 7.11 Å². The minimum absolute atomic E-state index is 0.0658. The van der Waals surface area contributed by atoms with Gasteiger partial charge in [-0.1, -0.05) is 17.7 Å². The zero-order valence-corrected chi connectivity index (χ0v) is 15.2. The van der Waals surface area contributed by atoms with Gasteiger partial charge < -0.3 is 15.0 Å². The monoisotopic (exact) mass is 379 g/mol. The van der Waals surface area contributed by atoms with E-state index in [1.165, 1.54) is 25.3 Å². The molecule has 0 atom stereocenters. The van der Waals surface area contributed by atoms with Crippen LogP contribution in [0.1, 0.15) is 46.2 Å². The van der Waals surface area contributed by atoms with Gasteiger partial charge in [0.15, 0.2) is 0 Å². The second kappa shape index (κ2) is 7.55. The molecule has 1 aromatic heterocycles. The third-order valence-corrected chi connectivity index (χ3v) is 4.98. The standard InChI is InChI=1S/C18H19ClFN3O3/c1-9-3-4-12(20)16(17(9)19)18(25)21-11-5-10(6-11)13-7-15(24)23-14(22-13)8-26-2/h3-4,7,10-11H,5-6,8H2,1-2H3,(H,21,25)(H,22,23,24). The number of nitrogens with one attached hydrogen (secondary N) is 2. The summed E-state index contributed by atoms with van der Waals surface area (Å²) in [5, 5.41) is 2.92. The maximum Gasteiger partial charge on any atom is 0.256 e. The number of ether oxygens (including phenoxy) is 1. The van der Waals surface area contributed by atoms with Gasteiger partial charge in [-0.15, -0.1) is 0 Å². The van der Waals surface area contributed by atoms with E-state index >= 15 is 0 Å². The first kappa shape index (κ1) is 18.5. The maximum atomic E-state index is 14.0. The molecule has 138 valence electrons. The lowest BCUT2D eigenvalue weighted by Crippen LogP contribution is -2.44. The molecule has 2 aromatic rings. The Bertz CT molecular complexity index is 894. The number of hydrogen-bond donors (Lipinski definition) is 2. The molecular weight excluding hydrogens is 361 g/mol. The Morgan fingerprint density at radius 1 is 1.46 bits per heavy atom. The molecule has 2 N–H and O–H groups in total. The Balaban J connectivity index is 1.65. The van der Waals surface area contributed by atoms with Crippen LogP contribution in [0.15, 0.2) is 23.0 Å². The van der Waals surface area contributed by atoms with Crippen LogP contribution in [0.3, 0.4) is 0 Å². The maximum absolute atomic E-state index is 14.0. The van der Waals surface area contributed by atoms with Crippen LogP contribution >= 0.6 is 11.6 Å². The van der Waals surface area contributed by atoms with Crippen molar-refractivity contribution in [3.8, 4) is 0 Å². The number of carbonyl (C=O) groups is 1. The number of aromatic amines is 1. The van der Waals surface area contributed by atoms with Gasteiger partial charge in [0.1, 0.15) is 18.2 Å². The van der Waals surface area contributed by atoms with E-state index in [0.29, 0.717) is 29.9 Å². The SMILES string of the molecule is COCc1nc(C2CC(NC(=O)c3c(F)ccc(C)c3Cl)C2)cc(=O)[nH]1. The fourth-order valence-corrected chi connectivity index (χ4v) is 3.28. The molecular formula is C18H19ClFN3O3. The van der Waals surface area contributed by atoms with Crippen LogP contribution < -0.4 is 10.9 Å². The number of amides is 1. The van der Waals surface area contributed by atoms with Gasteiger partial charge in [0.2, 0.25) is 0 Å². The topological polar surface area (TPSA) is 84.1 Å². The van der Waals surface area contributed by atoms with Crippen molar-refractivity contribution in [2.24, 2.45) is 0 Å². The Labute approximate surface area is 154 Å². The molecule has 0 unspecified atom stereocenters. The molecule has 0 radical (unpaired) electrons. The number of benzene rings is 1. The number of rotatable bonds is 5. The quantitative estimate of drug-likeness (QED) is 0.836. The molecule has 0 bridgehead atoms. The van der Waals surface area contributed by atoms with Crippen LogP contribution in [-0.4, -0.2) is 29.0 Å². The summed E-state index contributed by atoms with van der Waals surface area (Å²) in [6.45, 7) is 1.94. The molecule has 1 aliphatic rings. The molecule has 1 aromatic carbocycles. The van der Waals surface area contributed by atoms with E-state index in [2.05, 4.69) is 15.3 Å². The number of nitrogens with zero attached hydrogens (tertiary/aromatic N) is 1. The normalized spacial score (nSPS) is 19.1. The van der Waals surface area contributed by atoms with Crippen LogP contribution in [0.4, 0.5) is 4.39 Å². The summed E-state index contributed by atoms with van der Waals surface area (Å²) >= 11 is 6.07. The molecule has 1 aliphatic carbocycles. The highest BCUT2D eigenvalue weighted by Gasteiger charge is 2.34. The smallest absolute Gasteiger partial charge is 0.256 e. The summed E-state index contributed by atoms with van der Waals surface area (Å²) in [6.07, 6.45) is 1.25. The number of carbonyl (C=O) groups excluding carboxylic acids is 1. The van der Waals surface area contributed by atoms with E-state index < -0.39 is 11.7 Å². The lowest BCUT2D eigenvalue weighted by Gasteiger charge is -2.35. The minimum Gasteiger partial charge on any atom is -0.377 e. The molecule has 0 spiro atoms. The summed E-state index contributed by atoms with van der Waals surface area (Å²) in [4.78, 5) is 31.1. The van der Waals surface area contributed by atoms with Gasteiger partial charge in [0.05, 0.1) is 16.3 Å². The van der Waals surface area contributed by atoms with Crippen molar-refractivity contribution in [3.05, 3.63) is 62.0 Å². The summed E-state index contributed by atoms with van der Waals surface area (Å²) < 4.78 is 18.9. The fraction of sp³-hybridized carbons (Fsp3) is 0.389. The fourth-order valence-electron chi connectivity index (χ4n) is 3.04. The number of aromatic nitrogens is 2. The summed E-state index contributed by atoms with van der Waals surface area (Å²) in [5.41, 5.74) is 0.948. The number of halogens is 2. The number of aryl methyl sites for hydroxylation is 1. The lowest BCUT2D eigenvalue weighted by molar-refractivity contribution is 0.0904. The van der Waals surface area contributed by atoms with E-state index in [1.807, 2.05) is 0 Å². The van der Waals surface area contributed by atoms with Gasteiger partial charge in [0, 0.05) is 25.1 Å². The van der Waals surface area contributed by atoms with Gasteiger partial charge >= 0.3 is 0 Å². The van der Waals surface area contributed by atoms with Gasteiger partial charge in [-0.3, -0.25) is 9.59 Å². The van der Waals surface area contributed by atoms with Gasteiger partial charge in [0.25, 0.3) is 11.5 Å². The predicted octanol–water partition coefficient (Wildman–Crippen LogP) is 2.69. The van der Waals surface area contributed by atoms with E-state index in [0.717, 1.165) is 0 Å². The Kier molecular flexibility index (Phi) is 5.38. The Hall–Kier alpha value is -2.25. The molecule has 0 saturated heterocycles. The largest absolute Gasteiger partial charge is 0.377 e. The van der Waals surface area contributed by atoms with Crippen LogP contribution in [0, 0.1) is 12.7 Å². The number of hydrogen-bond acceptors (Lipinski definition) is 4. The van der Waals surface area contributed by atoms with Gasteiger partial charge in [-0.2, -0.15) is 0 Å². The number of H-pyrrole nitrogens is 1. The summed E-state index contributed by atoms with van der Waals surface area (Å²) in [6, 6.07) is 4.11. The molecule has 8 heteroatoms. The highest BCUT2D eigenvalue weighted by atomic mass is 35.5. The van der Waals surface area contributed by atoms with Crippen LogP contribution in [-0.2, 0) is 11.3 Å². The predicted molar refractivity (Wildman–Crippen MR) is 94.9 cm³/mol. The summed E-state index contributed by atoms with van der Waals surface area (Å²) in [5.74, 6) is -0.639. The van der Waals surface area contributed by atoms with Gasteiger partial charge in [-0.25, -0.2) is 9.37 Å². The molecule has 1 fully saturated rings. The van der Waals surface area contributed by atoms with Crippen LogP contribution in [0.5, 0.6) is 0 Å². The first-order valence-corrected chi connectivity index (χ1v) is 8.61. The molecule has 3 rings (SSSR count). The summed E-state index contributed by atoms with van der Waals surface area (Å²) in [7, 11) is 1.52. The third-order valence-electron chi connectivity index (χ3n) is 4.49. The van der Waals surface area contributed by atoms with Crippen molar-refractivity contribution in [3.63, 3.8) is 0 Å². The van der Waals surface area contributed by atoms with E-state index in [1.54, 1.807) is 6.92 Å². The molecule has 6 nitrogen and oxygen atoms in total. The third kappa shape index (κ3) is 3.78. The minimum atomic E-state index is -0.644.